The van der Waals surface area contributed by atoms with E-state index in [9.17, 15) is 0 Å². The second kappa shape index (κ2) is 10.6. The normalized spacial score (nSPS) is 10.3. The first-order valence-corrected chi connectivity index (χ1v) is 8.68. The summed E-state index contributed by atoms with van der Waals surface area (Å²) in [5.41, 5.74) is 2.26. The minimum Gasteiger partial charge on any atom is -0.497 e. The van der Waals surface area contributed by atoms with Crippen molar-refractivity contribution in [2.45, 2.75) is 26.7 Å². The van der Waals surface area contributed by atoms with E-state index in [-0.39, 0.29) is 0 Å². The van der Waals surface area contributed by atoms with Gasteiger partial charge in [0.05, 0.1) is 12.8 Å². The first-order chi connectivity index (χ1) is 12.7. The number of nitrogens with zero attached hydrogens (tertiary/aromatic N) is 2. The van der Waals surface area contributed by atoms with Gasteiger partial charge in [-0.25, -0.2) is 0 Å². The Morgan fingerprint density at radius 2 is 1.81 bits per heavy atom. The highest BCUT2D eigenvalue weighted by molar-refractivity contribution is 6.29. The van der Waals surface area contributed by atoms with E-state index in [2.05, 4.69) is 27.4 Å². The Balaban J connectivity index is 2.13. The molecule has 0 aliphatic rings. The first-order valence-electron chi connectivity index (χ1n) is 8.31. The van der Waals surface area contributed by atoms with Crippen molar-refractivity contribution < 1.29 is 14.2 Å². The maximum Gasteiger partial charge on any atom is 0.222 e. The average Bonchev–Trinajstić information content (AvgIpc) is 2.66. The topological polar surface area (TPSA) is 65.5 Å². The zero-order valence-electron chi connectivity index (χ0n) is 15.1. The van der Waals surface area contributed by atoms with Crippen LogP contribution >= 0.6 is 11.6 Å². The lowest BCUT2D eigenvalue weighted by atomic mass is 10.2. The van der Waals surface area contributed by atoms with Crippen LogP contribution in [-0.4, -0.2) is 36.8 Å². The van der Waals surface area contributed by atoms with Crippen LogP contribution in [0.2, 0.25) is 5.15 Å². The summed E-state index contributed by atoms with van der Waals surface area (Å²) < 4.78 is 16.0. The summed E-state index contributed by atoms with van der Waals surface area (Å²) in [7, 11) is 1.64. The molecule has 26 heavy (non-hydrogen) atoms. The van der Waals surface area contributed by atoms with Crippen molar-refractivity contribution in [2.75, 3.05) is 25.6 Å². The number of aromatic nitrogens is 2. The number of ether oxygens (including phenoxy) is 3. The third kappa shape index (κ3) is 6.19. The molecule has 0 aliphatic heterocycles. The van der Waals surface area contributed by atoms with Crippen molar-refractivity contribution in [3.8, 4) is 17.6 Å². The highest BCUT2D eigenvalue weighted by Crippen LogP contribution is 2.18. The highest BCUT2D eigenvalue weighted by Gasteiger charge is 2.07. The maximum absolute atomic E-state index is 5.97. The van der Waals surface area contributed by atoms with Gasteiger partial charge in [0.25, 0.3) is 0 Å². The molecule has 7 heteroatoms. The van der Waals surface area contributed by atoms with Gasteiger partial charge < -0.3 is 19.5 Å². The lowest BCUT2D eigenvalue weighted by Crippen LogP contribution is -2.15. The van der Waals surface area contributed by atoms with Gasteiger partial charge in [-0.2, -0.15) is 0 Å². The average molecular weight is 376 g/mol. The molecule has 2 rings (SSSR count). The minimum absolute atomic E-state index is 0.291. The Labute approximate surface area is 158 Å². The van der Waals surface area contributed by atoms with Gasteiger partial charge in [0.1, 0.15) is 5.75 Å². The summed E-state index contributed by atoms with van der Waals surface area (Å²) in [6, 6.07) is 9.47. The van der Waals surface area contributed by atoms with Crippen LogP contribution in [0.15, 0.2) is 30.3 Å². The Hall–Kier alpha value is -2.33. The van der Waals surface area contributed by atoms with E-state index >= 15 is 0 Å². The molecule has 6 nitrogen and oxygen atoms in total. The van der Waals surface area contributed by atoms with Crippen molar-refractivity contribution in [2.24, 2.45) is 0 Å². The second-order valence-electron chi connectivity index (χ2n) is 5.14. The molecule has 0 saturated heterocycles. The molecule has 0 saturated carbocycles. The van der Waals surface area contributed by atoms with Crippen LogP contribution in [0.4, 0.5) is 5.69 Å². The number of nitrogens with one attached hydrogen (secondary N) is 1. The van der Waals surface area contributed by atoms with Crippen molar-refractivity contribution in [1.29, 1.82) is 0 Å². The van der Waals surface area contributed by atoms with E-state index in [1.165, 1.54) is 0 Å². The fraction of sp³-hybridized carbons (Fsp3) is 0.368. The number of anilines is 1. The molecule has 0 amide bonds. The maximum atomic E-state index is 5.97. The molecule has 0 aliphatic carbocycles. The third-order valence-electron chi connectivity index (χ3n) is 3.35. The van der Waals surface area contributed by atoms with E-state index in [4.69, 9.17) is 25.8 Å². The van der Waals surface area contributed by atoms with Crippen molar-refractivity contribution >= 4 is 17.3 Å². The molecular formula is C19H22ClN3O3. The SMILES string of the molecule is CCOC(C#Cc1nnc(Cl)cc1NCc1ccc(OC)cc1)OCC. The minimum atomic E-state index is -0.600. The molecule has 0 bridgehead atoms. The summed E-state index contributed by atoms with van der Waals surface area (Å²) in [5.74, 6) is 6.68. The predicted molar refractivity (Wildman–Crippen MR) is 101 cm³/mol. The van der Waals surface area contributed by atoms with E-state index in [0.717, 1.165) is 11.3 Å². The number of hydrogen-bond acceptors (Lipinski definition) is 6. The van der Waals surface area contributed by atoms with Gasteiger partial charge in [-0.15, -0.1) is 10.2 Å². The van der Waals surface area contributed by atoms with Crippen LogP contribution in [0, 0.1) is 11.8 Å². The Morgan fingerprint density at radius 1 is 1.12 bits per heavy atom. The van der Waals surface area contributed by atoms with Gasteiger partial charge in [0.15, 0.2) is 10.8 Å². The van der Waals surface area contributed by atoms with Crippen LogP contribution < -0.4 is 10.1 Å². The van der Waals surface area contributed by atoms with Gasteiger partial charge in [-0.05, 0) is 43.4 Å². The Kier molecular flexibility index (Phi) is 8.16. The van der Waals surface area contributed by atoms with Crippen LogP contribution in [0.1, 0.15) is 25.1 Å². The van der Waals surface area contributed by atoms with Gasteiger partial charge >= 0.3 is 0 Å². The van der Waals surface area contributed by atoms with Crippen molar-refractivity contribution in [3.05, 3.63) is 46.7 Å². The summed E-state index contributed by atoms with van der Waals surface area (Å²) in [4.78, 5) is 0. The van der Waals surface area contributed by atoms with Crippen molar-refractivity contribution in [1.82, 2.24) is 10.2 Å². The lowest BCUT2D eigenvalue weighted by Gasteiger charge is -2.10. The molecule has 138 valence electrons. The van der Waals surface area contributed by atoms with E-state index in [1.807, 2.05) is 38.1 Å². The van der Waals surface area contributed by atoms with Gasteiger partial charge in [-0.3, -0.25) is 0 Å². The summed E-state index contributed by atoms with van der Waals surface area (Å²) >= 11 is 5.97. The number of hydrogen-bond donors (Lipinski definition) is 1. The molecule has 2 aromatic rings. The molecule has 0 fully saturated rings. The summed E-state index contributed by atoms with van der Waals surface area (Å²) in [6.45, 7) is 5.37. The quantitative estimate of drug-likeness (QED) is 0.562. The van der Waals surface area contributed by atoms with Gasteiger partial charge in [0.2, 0.25) is 6.29 Å². The van der Waals surface area contributed by atoms with Crippen molar-refractivity contribution in [3.63, 3.8) is 0 Å². The summed E-state index contributed by atoms with van der Waals surface area (Å²) in [5, 5.41) is 11.5. The van der Waals surface area contributed by atoms with E-state index in [1.54, 1.807) is 13.2 Å². The van der Waals surface area contributed by atoms with E-state index in [0.29, 0.717) is 36.3 Å². The molecule has 0 radical (unpaired) electrons. The summed E-state index contributed by atoms with van der Waals surface area (Å²) in [6.07, 6.45) is -0.600. The van der Waals surface area contributed by atoms with E-state index < -0.39 is 6.29 Å². The number of methoxy groups -OCH3 is 1. The smallest absolute Gasteiger partial charge is 0.222 e. The first kappa shape index (κ1) is 20.0. The molecular weight excluding hydrogens is 354 g/mol. The monoisotopic (exact) mass is 375 g/mol. The zero-order valence-corrected chi connectivity index (χ0v) is 15.8. The zero-order chi connectivity index (χ0) is 18.8. The third-order valence-corrected chi connectivity index (χ3v) is 3.54. The molecule has 1 aromatic carbocycles. The predicted octanol–water partition coefficient (Wildman–Crippen LogP) is 3.50. The second-order valence-corrected chi connectivity index (χ2v) is 5.53. The largest absolute Gasteiger partial charge is 0.497 e. The molecule has 0 unspecified atom stereocenters. The number of halogens is 1. The van der Waals surface area contributed by atoms with Crippen LogP contribution in [0.3, 0.4) is 0 Å². The van der Waals surface area contributed by atoms with Crippen LogP contribution in [0.25, 0.3) is 0 Å². The standard InChI is InChI=1S/C19H22ClN3O3/c1-4-25-19(26-5-2)11-10-16-17(12-18(20)23-22-16)21-13-14-6-8-15(24-3)9-7-14/h6-9,12,19H,4-5,13H2,1-3H3,(H,21,23). The highest BCUT2D eigenvalue weighted by atomic mass is 35.5. The van der Waals surface area contributed by atoms with Crippen LogP contribution in [0.5, 0.6) is 5.75 Å². The fourth-order valence-corrected chi connectivity index (χ4v) is 2.24. The Morgan fingerprint density at radius 3 is 2.42 bits per heavy atom. The van der Waals surface area contributed by atoms with Gasteiger partial charge in [-0.1, -0.05) is 23.7 Å². The van der Waals surface area contributed by atoms with Gasteiger partial charge in [0, 0.05) is 25.8 Å². The fourth-order valence-electron chi connectivity index (χ4n) is 2.10. The molecule has 1 N–H and O–H groups in total. The molecule has 1 heterocycles. The lowest BCUT2D eigenvalue weighted by molar-refractivity contribution is -0.0969. The Bertz CT molecular complexity index is 751. The number of rotatable bonds is 8. The molecule has 0 atom stereocenters. The molecule has 1 aromatic heterocycles. The van der Waals surface area contributed by atoms with Crippen LogP contribution in [-0.2, 0) is 16.0 Å². The number of benzene rings is 1. The molecule has 0 spiro atoms.